The Kier molecular flexibility index (Phi) is 9.44. The van der Waals surface area contributed by atoms with E-state index in [1.165, 1.54) is 23.0 Å². The van der Waals surface area contributed by atoms with E-state index in [1.54, 1.807) is 42.1 Å². The highest BCUT2D eigenvalue weighted by Crippen LogP contribution is 2.34. The van der Waals surface area contributed by atoms with Crippen LogP contribution in [0.25, 0.3) is 22.8 Å². The average Bonchev–Trinajstić information content (AvgIpc) is 3.67. The molecular formula is C37H36F3N6O2+. The minimum atomic E-state index is -4.61. The summed E-state index contributed by atoms with van der Waals surface area (Å²) in [5.74, 6) is 0.764. The number of halogens is 3. The number of carbonyl (C=O) groups excluding carboxylic acids is 1. The van der Waals surface area contributed by atoms with Crippen LogP contribution in [0, 0.1) is 23.2 Å². The van der Waals surface area contributed by atoms with Crippen molar-refractivity contribution in [1.82, 2.24) is 19.1 Å². The largest absolute Gasteiger partial charge is 0.416 e. The molecule has 6 rings (SSSR count). The van der Waals surface area contributed by atoms with Crippen LogP contribution in [-0.4, -0.2) is 24.9 Å². The first-order chi connectivity index (χ1) is 23.1. The Bertz CT molecular complexity index is 1990. The van der Waals surface area contributed by atoms with E-state index in [0.29, 0.717) is 35.2 Å². The molecule has 0 atom stereocenters. The Morgan fingerprint density at radius 3 is 2.35 bits per heavy atom. The van der Waals surface area contributed by atoms with Gasteiger partial charge in [0.05, 0.1) is 46.2 Å². The Labute approximate surface area is 276 Å². The highest BCUT2D eigenvalue weighted by atomic mass is 19.4. The molecule has 2 aromatic carbocycles. The molecule has 8 nitrogen and oxygen atoms in total. The molecule has 1 aliphatic carbocycles. The van der Waals surface area contributed by atoms with Gasteiger partial charge >= 0.3 is 6.18 Å². The summed E-state index contributed by atoms with van der Waals surface area (Å²) in [6.07, 6.45) is 7.15. The van der Waals surface area contributed by atoms with Crippen LogP contribution in [0.3, 0.4) is 0 Å². The summed E-state index contributed by atoms with van der Waals surface area (Å²) in [5, 5.41) is 13.7. The summed E-state index contributed by atoms with van der Waals surface area (Å²) in [6.45, 7) is 1.00. The first-order valence-electron chi connectivity index (χ1n) is 16.2. The Hall–Kier alpha value is -5.24. The lowest BCUT2D eigenvalue weighted by atomic mass is 9.79. The maximum absolute atomic E-state index is 14.1. The van der Waals surface area contributed by atoms with Gasteiger partial charge in [0, 0.05) is 31.5 Å². The van der Waals surface area contributed by atoms with Gasteiger partial charge in [0.2, 0.25) is 0 Å². The number of alkyl halides is 3. The van der Waals surface area contributed by atoms with Gasteiger partial charge in [-0.3, -0.25) is 14.3 Å². The second-order valence-corrected chi connectivity index (χ2v) is 12.5. The number of Topliss-reactive ketones (excluding diaryl/α,β-unsaturated/α-hetero) is 1. The summed E-state index contributed by atoms with van der Waals surface area (Å²) in [7, 11) is 1.55. The highest BCUT2D eigenvalue weighted by Gasteiger charge is 2.32. The molecular weight excluding hydrogens is 617 g/mol. The molecule has 48 heavy (non-hydrogen) atoms. The maximum atomic E-state index is 14.1. The smallest absolute Gasteiger partial charge is 0.294 e. The van der Waals surface area contributed by atoms with Crippen LogP contribution < -0.4 is 10.1 Å². The number of aromatic nitrogens is 5. The Morgan fingerprint density at radius 1 is 0.958 bits per heavy atom. The molecule has 0 spiro atoms. The number of hydrogen-bond donors (Lipinski definition) is 0. The van der Waals surface area contributed by atoms with Crippen molar-refractivity contribution in [3.05, 3.63) is 118 Å². The second-order valence-electron chi connectivity index (χ2n) is 12.5. The third kappa shape index (κ3) is 6.88. The predicted octanol–water partition coefficient (Wildman–Crippen LogP) is 7.07. The molecule has 0 aliphatic heterocycles. The molecule has 0 amide bonds. The van der Waals surface area contributed by atoms with Gasteiger partial charge in [-0.15, -0.1) is 0 Å². The summed E-state index contributed by atoms with van der Waals surface area (Å²) in [5.41, 5.74) is 0.0288. The highest BCUT2D eigenvalue weighted by molar-refractivity contribution is 6.01. The van der Waals surface area contributed by atoms with Crippen LogP contribution in [0.2, 0.25) is 0 Å². The molecule has 246 valence electrons. The SMILES string of the molecule is Cn1c(-c2ccnn2-c2ccc(C#N)cc2)c(C(=O)CCCC2CCC(C[n+]3ccccc3)CC2)c(=O)n1-c1cccc(C(F)(F)F)c1. The number of hydrogen-bond acceptors (Lipinski definition) is 4. The fourth-order valence-electron chi connectivity index (χ4n) is 6.85. The fraction of sp³-hybridized carbons (Fsp3) is 0.324. The second kappa shape index (κ2) is 13.9. The minimum absolute atomic E-state index is 0.00695. The molecule has 3 heterocycles. The summed E-state index contributed by atoms with van der Waals surface area (Å²) >= 11 is 0. The lowest BCUT2D eigenvalue weighted by Gasteiger charge is -2.26. The van der Waals surface area contributed by atoms with Crippen molar-refractivity contribution >= 4 is 5.78 Å². The van der Waals surface area contributed by atoms with E-state index < -0.39 is 17.3 Å². The fourth-order valence-corrected chi connectivity index (χ4v) is 6.85. The number of pyridine rings is 1. The predicted molar refractivity (Wildman–Crippen MR) is 174 cm³/mol. The van der Waals surface area contributed by atoms with E-state index in [-0.39, 0.29) is 29.1 Å². The monoisotopic (exact) mass is 653 g/mol. The normalized spacial score (nSPS) is 16.5. The summed E-state index contributed by atoms with van der Waals surface area (Å²) in [6, 6.07) is 21.0. The molecule has 11 heteroatoms. The maximum Gasteiger partial charge on any atom is 0.416 e. The number of benzene rings is 2. The molecule has 1 fully saturated rings. The van der Waals surface area contributed by atoms with Crippen LogP contribution in [0.1, 0.15) is 66.4 Å². The van der Waals surface area contributed by atoms with Crippen LogP contribution in [0.5, 0.6) is 0 Å². The molecule has 3 aromatic heterocycles. The van der Waals surface area contributed by atoms with Gasteiger partial charge in [0.25, 0.3) is 5.56 Å². The number of nitriles is 1. The van der Waals surface area contributed by atoms with Crippen molar-refractivity contribution in [1.29, 1.82) is 5.26 Å². The van der Waals surface area contributed by atoms with Crippen LogP contribution in [0.4, 0.5) is 13.2 Å². The Morgan fingerprint density at radius 2 is 1.67 bits per heavy atom. The molecule has 0 saturated heterocycles. The van der Waals surface area contributed by atoms with E-state index in [0.717, 1.165) is 55.5 Å². The Balaban J connectivity index is 1.27. The van der Waals surface area contributed by atoms with Gasteiger partial charge in [0.15, 0.2) is 24.7 Å². The van der Waals surface area contributed by atoms with Crippen LogP contribution in [-0.2, 0) is 19.8 Å². The van der Waals surface area contributed by atoms with Crippen molar-refractivity contribution in [2.45, 2.75) is 57.7 Å². The lowest BCUT2D eigenvalue weighted by molar-refractivity contribution is -0.703. The standard InChI is InChI=1S/C37H36F3N6O2/c1-43-35(32-19-20-42-45(32)30-17-15-27(24-41)16-18-30)34(36(48)46(43)31-9-6-8-29(23-31)37(38,39)40)33(47)10-5-7-26-11-13-28(14-12-26)25-44-21-3-2-4-22-44/h2-4,6,8-9,15-23,26,28H,5,7,10-14,25H2,1H3/q+1. The molecule has 0 bridgehead atoms. The van der Waals surface area contributed by atoms with E-state index in [1.807, 2.05) is 18.2 Å². The van der Waals surface area contributed by atoms with Crippen LogP contribution in [0.15, 0.2) is 96.2 Å². The zero-order valence-electron chi connectivity index (χ0n) is 26.6. The van der Waals surface area contributed by atoms with Gasteiger partial charge in [-0.2, -0.15) is 23.5 Å². The quantitative estimate of drug-likeness (QED) is 0.119. The van der Waals surface area contributed by atoms with Gasteiger partial charge in [-0.1, -0.05) is 18.6 Å². The number of rotatable bonds is 10. The zero-order valence-corrected chi connectivity index (χ0v) is 26.6. The first kappa shape index (κ1) is 32.7. The van der Waals surface area contributed by atoms with Crippen molar-refractivity contribution < 1.29 is 22.5 Å². The number of carbonyl (C=O) groups is 1. The van der Waals surface area contributed by atoms with Crippen molar-refractivity contribution in [2.75, 3.05) is 0 Å². The van der Waals surface area contributed by atoms with E-state index >= 15 is 0 Å². The van der Waals surface area contributed by atoms with Gasteiger partial charge in [0.1, 0.15) is 5.56 Å². The molecule has 0 radical (unpaired) electrons. The minimum Gasteiger partial charge on any atom is -0.294 e. The van der Waals surface area contributed by atoms with E-state index in [4.69, 9.17) is 0 Å². The number of nitrogens with zero attached hydrogens (tertiary/aromatic N) is 6. The molecule has 0 unspecified atom stereocenters. The van der Waals surface area contributed by atoms with Crippen LogP contribution >= 0.6 is 0 Å². The van der Waals surface area contributed by atoms with Gasteiger partial charge in [-0.25, -0.2) is 13.9 Å². The third-order valence-electron chi connectivity index (χ3n) is 9.32. The van der Waals surface area contributed by atoms with Crippen molar-refractivity contribution in [2.24, 2.45) is 18.9 Å². The third-order valence-corrected chi connectivity index (χ3v) is 9.32. The topological polar surface area (TPSA) is 89.5 Å². The molecule has 1 saturated carbocycles. The summed E-state index contributed by atoms with van der Waals surface area (Å²) < 4.78 is 47.2. The zero-order chi connectivity index (χ0) is 33.8. The number of ketones is 1. The molecule has 1 aliphatic rings. The van der Waals surface area contributed by atoms with E-state index in [9.17, 15) is 28.0 Å². The van der Waals surface area contributed by atoms with Crippen molar-refractivity contribution in [3.8, 4) is 28.8 Å². The van der Waals surface area contributed by atoms with Gasteiger partial charge < -0.3 is 0 Å². The molecule has 5 aromatic rings. The summed E-state index contributed by atoms with van der Waals surface area (Å²) in [4.78, 5) is 28.0. The molecule has 0 N–H and O–H groups in total. The first-order valence-corrected chi connectivity index (χ1v) is 16.2. The van der Waals surface area contributed by atoms with Gasteiger partial charge in [-0.05, 0) is 86.6 Å². The van der Waals surface area contributed by atoms with Crippen molar-refractivity contribution in [3.63, 3.8) is 0 Å². The van der Waals surface area contributed by atoms with E-state index in [2.05, 4.69) is 28.1 Å². The average molecular weight is 654 g/mol. The lowest BCUT2D eigenvalue weighted by Crippen LogP contribution is -2.37.